The first-order valence-corrected chi connectivity index (χ1v) is 6.35. The maximum absolute atomic E-state index is 12.1. The van der Waals surface area contributed by atoms with E-state index in [1.54, 1.807) is 10.6 Å². The third kappa shape index (κ3) is 2.28. The van der Waals surface area contributed by atoms with Gasteiger partial charge in [0.2, 0.25) is 0 Å². The minimum atomic E-state index is -0.997. The van der Waals surface area contributed by atoms with Crippen LogP contribution in [0.5, 0.6) is 0 Å². The molecule has 0 aliphatic heterocycles. The van der Waals surface area contributed by atoms with Crippen molar-refractivity contribution in [1.29, 1.82) is 0 Å². The number of nitrogens with zero attached hydrogens (tertiary/aromatic N) is 1. The van der Waals surface area contributed by atoms with Crippen molar-refractivity contribution in [3.63, 3.8) is 0 Å². The number of carboxylic acids is 1. The molecular formula is C14H18N2O3. The Kier molecular flexibility index (Phi) is 3.22. The van der Waals surface area contributed by atoms with E-state index in [-0.39, 0.29) is 16.8 Å². The van der Waals surface area contributed by atoms with Crippen molar-refractivity contribution in [2.24, 2.45) is 0 Å². The molecule has 1 heterocycles. The van der Waals surface area contributed by atoms with Gasteiger partial charge in [0.05, 0.1) is 16.6 Å². The molecule has 2 N–H and O–H groups in total. The minimum absolute atomic E-state index is 0.175. The van der Waals surface area contributed by atoms with Crippen molar-refractivity contribution in [2.45, 2.75) is 39.2 Å². The fourth-order valence-electron chi connectivity index (χ4n) is 2.57. The Hall–Kier alpha value is -2.04. The van der Waals surface area contributed by atoms with Gasteiger partial charge in [0.15, 0.2) is 0 Å². The van der Waals surface area contributed by atoms with E-state index < -0.39 is 5.97 Å². The lowest BCUT2D eigenvalue weighted by molar-refractivity contribution is 0.0697. The average Bonchev–Trinajstić information content (AvgIpc) is 2.63. The third-order valence-corrected chi connectivity index (χ3v) is 3.40. The number of rotatable bonds is 4. The number of aromatic nitrogens is 2. The lowest BCUT2D eigenvalue weighted by Crippen LogP contribution is -2.34. The maximum Gasteiger partial charge on any atom is 0.335 e. The quantitative estimate of drug-likeness (QED) is 0.889. The maximum atomic E-state index is 12.1. The lowest BCUT2D eigenvalue weighted by Gasteiger charge is -2.26. The van der Waals surface area contributed by atoms with E-state index in [0.29, 0.717) is 5.52 Å². The van der Waals surface area contributed by atoms with Gasteiger partial charge in [0.1, 0.15) is 0 Å². The first kappa shape index (κ1) is 13.4. The van der Waals surface area contributed by atoms with Gasteiger partial charge in [-0.3, -0.25) is 4.57 Å². The van der Waals surface area contributed by atoms with E-state index in [9.17, 15) is 9.59 Å². The van der Waals surface area contributed by atoms with Crippen molar-refractivity contribution in [3.05, 3.63) is 34.2 Å². The molecule has 19 heavy (non-hydrogen) atoms. The number of fused-ring (bicyclic) bond motifs is 1. The number of aromatic amines is 1. The molecule has 0 radical (unpaired) electrons. The average molecular weight is 262 g/mol. The van der Waals surface area contributed by atoms with Crippen LogP contribution >= 0.6 is 0 Å². The molecule has 0 saturated heterocycles. The van der Waals surface area contributed by atoms with Crippen LogP contribution in [0.15, 0.2) is 23.0 Å². The van der Waals surface area contributed by atoms with Crippen molar-refractivity contribution in [2.75, 3.05) is 0 Å². The molecule has 0 fully saturated rings. The molecule has 102 valence electrons. The Bertz CT molecular complexity index is 680. The van der Waals surface area contributed by atoms with Crippen LogP contribution in [0.25, 0.3) is 11.0 Å². The lowest BCUT2D eigenvalue weighted by atomic mass is 9.98. The Morgan fingerprint density at radius 2 is 2.11 bits per heavy atom. The van der Waals surface area contributed by atoms with Gasteiger partial charge in [0.25, 0.3) is 0 Å². The van der Waals surface area contributed by atoms with E-state index >= 15 is 0 Å². The Morgan fingerprint density at radius 1 is 1.42 bits per heavy atom. The number of nitrogens with one attached hydrogen (secondary N) is 1. The number of H-pyrrole nitrogens is 1. The monoisotopic (exact) mass is 262 g/mol. The Morgan fingerprint density at radius 3 is 2.68 bits per heavy atom. The van der Waals surface area contributed by atoms with Crippen molar-refractivity contribution < 1.29 is 9.90 Å². The molecule has 0 atom stereocenters. The van der Waals surface area contributed by atoms with Crippen molar-refractivity contribution in [1.82, 2.24) is 9.55 Å². The number of benzene rings is 1. The second-order valence-electron chi connectivity index (χ2n) is 5.37. The highest BCUT2D eigenvalue weighted by molar-refractivity contribution is 5.92. The molecule has 0 aliphatic carbocycles. The summed E-state index contributed by atoms with van der Waals surface area (Å²) >= 11 is 0. The molecule has 1 aromatic heterocycles. The van der Waals surface area contributed by atoms with E-state index in [4.69, 9.17) is 5.11 Å². The van der Waals surface area contributed by atoms with Crippen LogP contribution in [0.1, 0.15) is 44.0 Å². The molecular weight excluding hydrogens is 244 g/mol. The summed E-state index contributed by atoms with van der Waals surface area (Å²) in [6.45, 7) is 6.09. The first-order chi connectivity index (χ1) is 8.86. The topological polar surface area (TPSA) is 75.1 Å². The number of imidazole rings is 1. The van der Waals surface area contributed by atoms with Crippen LogP contribution in [-0.4, -0.2) is 20.6 Å². The zero-order valence-corrected chi connectivity index (χ0v) is 11.4. The summed E-state index contributed by atoms with van der Waals surface area (Å²) in [4.78, 5) is 25.8. The standard InChI is InChI=1S/C14H18N2O3/c1-4-7-14(2,3)16-11-6-5-9(12(17)18)8-10(11)15-13(16)19/h5-6,8H,4,7H2,1-3H3,(H,15,19)(H,17,18). The fraction of sp³-hybridized carbons (Fsp3) is 0.429. The fourth-order valence-corrected chi connectivity index (χ4v) is 2.57. The summed E-state index contributed by atoms with van der Waals surface area (Å²) in [7, 11) is 0. The van der Waals surface area contributed by atoms with Gasteiger partial charge >= 0.3 is 11.7 Å². The van der Waals surface area contributed by atoms with Crippen LogP contribution < -0.4 is 5.69 Å². The predicted octanol–water partition coefficient (Wildman–Crippen LogP) is 2.56. The van der Waals surface area contributed by atoms with E-state index in [1.165, 1.54) is 12.1 Å². The molecule has 1 aromatic carbocycles. The minimum Gasteiger partial charge on any atom is -0.478 e. The zero-order valence-electron chi connectivity index (χ0n) is 11.4. The van der Waals surface area contributed by atoms with Gasteiger partial charge in [-0.15, -0.1) is 0 Å². The van der Waals surface area contributed by atoms with Crippen LogP contribution in [0.3, 0.4) is 0 Å². The van der Waals surface area contributed by atoms with E-state index in [1.807, 2.05) is 13.8 Å². The van der Waals surface area contributed by atoms with Crippen LogP contribution in [0.2, 0.25) is 0 Å². The molecule has 2 aromatic rings. The molecule has 0 saturated carbocycles. The Balaban J connectivity index is 2.67. The molecule has 0 bridgehead atoms. The summed E-state index contributed by atoms with van der Waals surface area (Å²) in [6, 6.07) is 4.71. The number of hydrogen-bond donors (Lipinski definition) is 2. The summed E-state index contributed by atoms with van der Waals surface area (Å²) in [5.41, 5.74) is 0.988. The summed E-state index contributed by atoms with van der Waals surface area (Å²) < 4.78 is 1.71. The zero-order chi connectivity index (χ0) is 14.2. The highest BCUT2D eigenvalue weighted by atomic mass is 16.4. The van der Waals surface area contributed by atoms with Gasteiger partial charge in [-0.2, -0.15) is 0 Å². The van der Waals surface area contributed by atoms with Crippen molar-refractivity contribution in [3.8, 4) is 0 Å². The van der Waals surface area contributed by atoms with Gasteiger partial charge in [-0.05, 0) is 38.5 Å². The van der Waals surface area contributed by atoms with E-state index in [0.717, 1.165) is 18.4 Å². The number of carboxylic acid groups (broad SMARTS) is 1. The molecule has 0 aliphatic rings. The molecule has 5 nitrogen and oxygen atoms in total. The first-order valence-electron chi connectivity index (χ1n) is 6.35. The highest BCUT2D eigenvalue weighted by Gasteiger charge is 2.24. The Labute approximate surface area is 110 Å². The summed E-state index contributed by atoms with van der Waals surface area (Å²) in [5.74, 6) is -0.997. The SMILES string of the molecule is CCCC(C)(C)n1c(=O)[nH]c2cc(C(=O)O)ccc21. The molecule has 0 unspecified atom stereocenters. The van der Waals surface area contributed by atoms with Gasteiger partial charge in [-0.25, -0.2) is 9.59 Å². The second-order valence-corrected chi connectivity index (χ2v) is 5.37. The van der Waals surface area contributed by atoms with Gasteiger partial charge in [0, 0.05) is 5.54 Å². The van der Waals surface area contributed by atoms with Gasteiger partial charge < -0.3 is 10.1 Å². The number of carbonyl (C=O) groups is 1. The summed E-state index contributed by atoms with van der Waals surface area (Å²) in [5, 5.41) is 8.97. The largest absolute Gasteiger partial charge is 0.478 e. The van der Waals surface area contributed by atoms with E-state index in [2.05, 4.69) is 11.9 Å². The molecule has 0 amide bonds. The van der Waals surface area contributed by atoms with Crippen LogP contribution in [-0.2, 0) is 5.54 Å². The molecule has 2 rings (SSSR count). The van der Waals surface area contributed by atoms with Gasteiger partial charge in [-0.1, -0.05) is 13.3 Å². The van der Waals surface area contributed by atoms with Crippen LogP contribution in [0.4, 0.5) is 0 Å². The predicted molar refractivity (Wildman–Crippen MR) is 73.7 cm³/mol. The number of hydrogen-bond acceptors (Lipinski definition) is 2. The van der Waals surface area contributed by atoms with Crippen LogP contribution in [0, 0.1) is 0 Å². The highest BCUT2D eigenvalue weighted by Crippen LogP contribution is 2.24. The smallest absolute Gasteiger partial charge is 0.335 e. The van der Waals surface area contributed by atoms with Crippen molar-refractivity contribution >= 4 is 17.0 Å². The second kappa shape index (κ2) is 4.57. The number of aromatic carboxylic acids is 1. The normalized spacial score (nSPS) is 11.9. The molecule has 0 spiro atoms. The summed E-state index contributed by atoms with van der Waals surface area (Å²) in [6.07, 6.45) is 1.85. The molecule has 5 heteroatoms. The third-order valence-electron chi connectivity index (χ3n) is 3.40.